The predicted molar refractivity (Wildman–Crippen MR) is 95.4 cm³/mol. The molecule has 0 spiro atoms. The lowest BCUT2D eigenvalue weighted by Gasteiger charge is -2.29. The van der Waals surface area contributed by atoms with Gasteiger partial charge in [-0.2, -0.15) is 5.10 Å². The van der Waals surface area contributed by atoms with Crippen molar-refractivity contribution in [3.63, 3.8) is 0 Å². The molecule has 0 bridgehead atoms. The van der Waals surface area contributed by atoms with Gasteiger partial charge < -0.3 is 10.4 Å². The summed E-state index contributed by atoms with van der Waals surface area (Å²) in [6.45, 7) is 5.98. The van der Waals surface area contributed by atoms with Gasteiger partial charge in [-0.05, 0) is 30.9 Å². The fourth-order valence-electron chi connectivity index (χ4n) is 3.15. The Morgan fingerprint density at radius 2 is 1.88 bits per heavy atom. The molecule has 1 aliphatic rings. The smallest absolute Gasteiger partial charge is 0.0564 e. The molecule has 2 aromatic rings. The maximum Gasteiger partial charge on any atom is 0.0564 e. The highest BCUT2D eigenvalue weighted by Crippen LogP contribution is 2.15. The summed E-state index contributed by atoms with van der Waals surface area (Å²) in [5, 5.41) is 17.3. The van der Waals surface area contributed by atoms with Crippen LogP contribution >= 0.6 is 0 Å². The molecule has 3 rings (SSSR count). The molecule has 0 unspecified atom stereocenters. The normalized spacial score (nSPS) is 18.0. The van der Waals surface area contributed by atoms with Gasteiger partial charge in [0.25, 0.3) is 0 Å². The van der Waals surface area contributed by atoms with Crippen LogP contribution in [-0.2, 0) is 20.1 Å². The molecule has 5 heteroatoms. The van der Waals surface area contributed by atoms with Crippen LogP contribution in [0.15, 0.2) is 36.7 Å². The molecule has 1 aromatic carbocycles. The van der Waals surface area contributed by atoms with Crippen LogP contribution in [0.5, 0.6) is 0 Å². The topological polar surface area (TPSA) is 53.3 Å². The van der Waals surface area contributed by atoms with Gasteiger partial charge >= 0.3 is 0 Å². The summed E-state index contributed by atoms with van der Waals surface area (Å²) >= 11 is 0. The Hall–Kier alpha value is -1.69. The SMILES string of the molecule is C[C@@H](NCc1ccc(CN2CCC(O)CC2)cc1)c1cnn(C)c1. The van der Waals surface area contributed by atoms with Gasteiger partial charge in [0.15, 0.2) is 0 Å². The zero-order valence-electron chi connectivity index (χ0n) is 14.7. The Labute approximate surface area is 144 Å². The summed E-state index contributed by atoms with van der Waals surface area (Å²) in [5.41, 5.74) is 3.85. The first-order chi connectivity index (χ1) is 11.6. The van der Waals surface area contributed by atoms with E-state index in [-0.39, 0.29) is 12.1 Å². The van der Waals surface area contributed by atoms with E-state index in [1.54, 1.807) is 0 Å². The molecule has 0 saturated carbocycles. The molecule has 24 heavy (non-hydrogen) atoms. The van der Waals surface area contributed by atoms with E-state index in [4.69, 9.17) is 0 Å². The summed E-state index contributed by atoms with van der Waals surface area (Å²) in [7, 11) is 1.94. The van der Waals surface area contributed by atoms with Gasteiger partial charge in [0, 0.05) is 51.0 Å². The molecule has 1 saturated heterocycles. The summed E-state index contributed by atoms with van der Waals surface area (Å²) in [6, 6.07) is 9.14. The molecule has 0 amide bonds. The maximum absolute atomic E-state index is 9.58. The second-order valence-corrected chi connectivity index (χ2v) is 6.87. The first-order valence-electron chi connectivity index (χ1n) is 8.80. The van der Waals surface area contributed by atoms with E-state index < -0.39 is 0 Å². The Bertz CT molecular complexity index is 629. The van der Waals surface area contributed by atoms with Gasteiger partial charge in [0.1, 0.15) is 0 Å². The van der Waals surface area contributed by atoms with Gasteiger partial charge in [0.05, 0.1) is 12.3 Å². The Balaban J connectivity index is 1.47. The third-order valence-electron chi connectivity index (χ3n) is 4.82. The van der Waals surface area contributed by atoms with E-state index in [1.807, 2.05) is 17.9 Å². The monoisotopic (exact) mass is 328 g/mol. The number of nitrogens with zero attached hydrogens (tertiary/aromatic N) is 3. The van der Waals surface area contributed by atoms with Gasteiger partial charge in [-0.1, -0.05) is 24.3 Å². The number of nitrogens with one attached hydrogen (secondary N) is 1. The van der Waals surface area contributed by atoms with Crippen LogP contribution in [0.25, 0.3) is 0 Å². The summed E-state index contributed by atoms with van der Waals surface area (Å²) in [5.74, 6) is 0. The quantitative estimate of drug-likeness (QED) is 0.854. The average molecular weight is 328 g/mol. The molecular formula is C19H28N4O. The number of benzene rings is 1. The summed E-state index contributed by atoms with van der Waals surface area (Å²) in [4.78, 5) is 2.42. The number of aryl methyl sites for hydroxylation is 1. The van der Waals surface area contributed by atoms with Crippen molar-refractivity contribution >= 4 is 0 Å². The highest BCUT2D eigenvalue weighted by molar-refractivity contribution is 5.23. The number of aliphatic hydroxyl groups excluding tert-OH is 1. The van der Waals surface area contributed by atoms with E-state index in [0.717, 1.165) is 39.0 Å². The minimum absolute atomic E-state index is 0.100. The maximum atomic E-state index is 9.58. The fourth-order valence-corrected chi connectivity index (χ4v) is 3.15. The molecule has 1 aliphatic heterocycles. The average Bonchev–Trinajstić information content (AvgIpc) is 3.03. The van der Waals surface area contributed by atoms with Crippen LogP contribution in [0.3, 0.4) is 0 Å². The summed E-state index contributed by atoms with van der Waals surface area (Å²) < 4.78 is 1.84. The lowest BCUT2D eigenvalue weighted by Crippen LogP contribution is -2.35. The molecule has 5 nitrogen and oxygen atoms in total. The lowest BCUT2D eigenvalue weighted by molar-refractivity contribution is 0.0792. The van der Waals surface area contributed by atoms with Crippen LogP contribution in [-0.4, -0.2) is 39.0 Å². The van der Waals surface area contributed by atoms with Crippen LogP contribution in [0, 0.1) is 0 Å². The van der Waals surface area contributed by atoms with E-state index in [2.05, 4.69) is 52.7 Å². The molecule has 130 valence electrons. The Morgan fingerprint density at radius 3 is 2.50 bits per heavy atom. The standard InChI is InChI=1S/C19H28N4O/c1-15(18-12-21-22(2)14-18)20-11-16-3-5-17(6-4-16)13-23-9-7-19(24)8-10-23/h3-6,12,14-15,19-20,24H,7-11,13H2,1-2H3/t15-/m1/s1. The molecule has 1 fully saturated rings. The van der Waals surface area contributed by atoms with Crippen LogP contribution in [0.4, 0.5) is 0 Å². The van der Waals surface area contributed by atoms with Crippen molar-refractivity contribution in [2.24, 2.45) is 7.05 Å². The Morgan fingerprint density at radius 1 is 1.21 bits per heavy atom. The number of hydrogen-bond donors (Lipinski definition) is 2. The molecule has 2 N–H and O–H groups in total. The third kappa shape index (κ3) is 4.66. The molecule has 0 radical (unpaired) electrons. The number of aromatic nitrogens is 2. The minimum atomic E-state index is -0.100. The minimum Gasteiger partial charge on any atom is -0.393 e. The highest BCUT2D eigenvalue weighted by atomic mass is 16.3. The molecule has 0 aliphatic carbocycles. The van der Waals surface area contributed by atoms with Gasteiger partial charge in [-0.3, -0.25) is 9.58 Å². The third-order valence-corrected chi connectivity index (χ3v) is 4.82. The lowest BCUT2D eigenvalue weighted by atomic mass is 10.1. The fraction of sp³-hybridized carbons (Fsp3) is 0.526. The molecule has 1 aromatic heterocycles. The van der Waals surface area contributed by atoms with Crippen LogP contribution in [0.1, 0.15) is 42.5 Å². The number of rotatable bonds is 6. The summed E-state index contributed by atoms with van der Waals surface area (Å²) in [6.07, 6.45) is 5.66. The number of hydrogen-bond acceptors (Lipinski definition) is 4. The second-order valence-electron chi connectivity index (χ2n) is 6.87. The van der Waals surface area contributed by atoms with E-state index >= 15 is 0 Å². The largest absolute Gasteiger partial charge is 0.393 e. The zero-order valence-corrected chi connectivity index (χ0v) is 14.7. The number of piperidine rings is 1. The van der Waals surface area contributed by atoms with Gasteiger partial charge in [-0.15, -0.1) is 0 Å². The Kier molecular flexibility index (Phi) is 5.66. The van der Waals surface area contributed by atoms with Crippen molar-refractivity contribution in [2.75, 3.05) is 13.1 Å². The highest BCUT2D eigenvalue weighted by Gasteiger charge is 2.16. The van der Waals surface area contributed by atoms with Crippen molar-refractivity contribution in [3.05, 3.63) is 53.3 Å². The molecule has 2 heterocycles. The first kappa shape index (κ1) is 17.1. The van der Waals surface area contributed by atoms with Crippen LogP contribution in [0.2, 0.25) is 0 Å². The zero-order chi connectivity index (χ0) is 16.9. The van der Waals surface area contributed by atoms with Crippen molar-refractivity contribution in [3.8, 4) is 0 Å². The molecular weight excluding hydrogens is 300 g/mol. The van der Waals surface area contributed by atoms with Crippen molar-refractivity contribution < 1.29 is 5.11 Å². The van der Waals surface area contributed by atoms with Gasteiger partial charge in [0.2, 0.25) is 0 Å². The second kappa shape index (κ2) is 7.92. The van der Waals surface area contributed by atoms with Gasteiger partial charge in [-0.25, -0.2) is 0 Å². The molecule has 1 atom stereocenters. The van der Waals surface area contributed by atoms with Crippen molar-refractivity contribution in [1.82, 2.24) is 20.0 Å². The van der Waals surface area contributed by atoms with E-state index in [9.17, 15) is 5.11 Å². The number of likely N-dealkylation sites (tertiary alicyclic amines) is 1. The number of aliphatic hydroxyl groups is 1. The van der Waals surface area contributed by atoms with E-state index in [1.165, 1.54) is 16.7 Å². The predicted octanol–water partition coefficient (Wildman–Crippen LogP) is 2.23. The van der Waals surface area contributed by atoms with Crippen molar-refractivity contribution in [2.45, 2.75) is 45.0 Å². The van der Waals surface area contributed by atoms with Crippen molar-refractivity contribution in [1.29, 1.82) is 0 Å². The first-order valence-corrected chi connectivity index (χ1v) is 8.80. The van der Waals surface area contributed by atoms with E-state index in [0.29, 0.717) is 0 Å². The van der Waals surface area contributed by atoms with Crippen LogP contribution < -0.4 is 5.32 Å².